The van der Waals surface area contributed by atoms with E-state index in [1.54, 1.807) is 0 Å². The van der Waals surface area contributed by atoms with Crippen molar-refractivity contribution in [3.05, 3.63) is 48.6 Å². The fourth-order valence-corrected chi connectivity index (χ4v) is 4.62. The van der Waals surface area contributed by atoms with E-state index in [4.69, 9.17) is 10.5 Å². The van der Waals surface area contributed by atoms with Crippen LogP contribution >= 0.6 is 0 Å². The maximum atomic E-state index is 12.5. The van der Waals surface area contributed by atoms with Crippen molar-refractivity contribution >= 4 is 17.8 Å². The number of hydrogen-bond donors (Lipinski definition) is 3. The molecule has 7 nitrogen and oxygen atoms in total. The van der Waals surface area contributed by atoms with Gasteiger partial charge in [-0.2, -0.15) is 0 Å². The third kappa shape index (κ3) is 27.9. The van der Waals surface area contributed by atoms with Crippen LogP contribution in [0.25, 0.3) is 0 Å². The Morgan fingerprint density at radius 2 is 1.28 bits per heavy atom. The lowest BCUT2D eigenvalue weighted by Crippen LogP contribution is -2.40. The monoisotopic (exact) mass is 602 g/mol. The predicted molar refractivity (Wildman–Crippen MR) is 179 cm³/mol. The van der Waals surface area contributed by atoms with Gasteiger partial charge in [-0.05, 0) is 96.4 Å². The number of esters is 1. The highest BCUT2D eigenvalue weighted by Gasteiger charge is 2.19. The number of nitrogens with one attached hydrogen (secondary N) is 1. The number of carboxylic acids is 1. The van der Waals surface area contributed by atoms with E-state index in [1.807, 2.05) is 0 Å². The largest absolute Gasteiger partial charge is 0.480 e. The van der Waals surface area contributed by atoms with E-state index in [0.29, 0.717) is 38.6 Å². The van der Waals surface area contributed by atoms with Crippen LogP contribution in [0.5, 0.6) is 0 Å². The quantitative estimate of drug-likeness (QED) is 0.0449. The van der Waals surface area contributed by atoms with Gasteiger partial charge >= 0.3 is 11.9 Å². The molecule has 0 heterocycles. The Labute approximate surface area is 262 Å². The molecule has 0 saturated carbocycles. The average molecular weight is 603 g/mol. The SMILES string of the molecule is CC/C=C\C/C=C\C/C=C\C/C=C\CCCCC(=O)OC(CCCCCC)CCCCCC(=O)NC(CCCN)C(=O)O. The molecule has 1 amide bonds. The van der Waals surface area contributed by atoms with E-state index in [1.165, 1.54) is 12.8 Å². The summed E-state index contributed by atoms with van der Waals surface area (Å²) in [5, 5.41) is 11.9. The van der Waals surface area contributed by atoms with Crippen LogP contribution in [0.4, 0.5) is 0 Å². The van der Waals surface area contributed by atoms with Gasteiger partial charge in [-0.3, -0.25) is 9.59 Å². The van der Waals surface area contributed by atoms with Crippen LogP contribution < -0.4 is 11.1 Å². The predicted octanol–water partition coefficient (Wildman–Crippen LogP) is 8.49. The van der Waals surface area contributed by atoms with Crippen molar-refractivity contribution in [2.24, 2.45) is 5.73 Å². The molecular weight excluding hydrogens is 540 g/mol. The average Bonchev–Trinajstić information content (AvgIpc) is 2.98. The van der Waals surface area contributed by atoms with Gasteiger partial charge in [0.05, 0.1) is 0 Å². The third-order valence-electron chi connectivity index (χ3n) is 7.16. The fourth-order valence-electron chi connectivity index (χ4n) is 4.62. The molecule has 0 rings (SSSR count). The summed E-state index contributed by atoms with van der Waals surface area (Å²) < 4.78 is 5.86. The summed E-state index contributed by atoms with van der Waals surface area (Å²) in [4.78, 5) is 36.0. The maximum absolute atomic E-state index is 12.5. The minimum atomic E-state index is -1.02. The number of amides is 1. The topological polar surface area (TPSA) is 119 Å². The lowest BCUT2D eigenvalue weighted by atomic mass is 10.0. The molecule has 0 aromatic heterocycles. The summed E-state index contributed by atoms with van der Waals surface area (Å²) in [5.41, 5.74) is 5.45. The third-order valence-corrected chi connectivity index (χ3v) is 7.16. The van der Waals surface area contributed by atoms with Gasteiger partial charge in [0.15, 0.2) is 0 Å². The molecule has 0 aromatic carbocycles. The number of carbonyl (C=O) groups excluding carboxylic acids is 2. The Morgan fingerprint density at radius 1 is 0.698 bits per heavy atom. The summed E-state index contributed by atoms with van der Waals surface area (Å²) in [5.74, 6) is -1.37. The van der Waals surface area contributed by atoms with Gasteiger partial charge in [0.1, 0.15) is 12.1 Å². The zero-order chi connectivity index (χ0) is 31.8. The number of unbranched alkanes of at least 4 members (excludes halogenated alkanes) is 7. The van der Waals surface area contributed by atoms with Gasteiger partial charge in [0.25, 0.3) is 0 Å². The second kappa shape index (κ2) is 30.8. The van der Waals surface area contributed by atoms with Crippen LogP contribution in [0.1, 0.15) is 142 Å². The molecule has 0 spiro atoms. The van der Waals surface area contributed by atoms with Crippen molar-refractivity contribution in [1.29, 1.82) is 0 Å². The molecule has 246 valence electrons. The first kappa shape index (κ1) is 40.3. The first-order valence-corrected chi connectivity index (χ1v) is 17.0. The maximum Gasteiger partial charge on any atom is 0.326 e. The van der Waals surface area contributed by atoms with Crippen LogP contribution in [0.2, 0.25) is 0 Å². The minimum absolute atomic E-state index is 0.0693. The first-order valence-electron chi connectivity index (χ1n) is 17.0. The van der Waals surface area contributed by atoms with E-state index in [0.717, 1.165) is 83.5 Å². The Kier molecular flexibility index (Phi) is 28.9. The van der Waals surface area contributed by atoms with Crippen LogP contribution in [-0.4, -0.2) is 41.6 Å². The van der Waals surface area contributed by atoms with Crippen molar-refractivity contribution in [3.8, 4) is 0 Å². The number of allylic oxidation sites excluding steroid dienone is 8. The first-order chi connectivity index (χ1) is 20.9. The van der Waals surface area contributed by atoms with E-state index in [9.17, 15) is 19.5 Å². The molecule has 0 bridgehead atoms. The van der Waals surface area contributed by atoms with Gasteiger partial charge in [0.2, 0.25) is 5.91 Å². The molecule has 2 unspecified atom stereocenters. The van der Waals surface area contributed by atoms with Crippen molar-refractivity contribution in [1.82, 2.24) is 5.32 Å². The number of carbonyl (C=O) groups is 3. The Bertz CT molecular complexity index is 818. The van der Waals surface area contributed by atoms with Crippen molar-refractivity contribution in [3.63, 3.8) is 0 Å². The number of hydrogen-bond acceptors (Lipinski definition) is 5. The second-order valence-corrected chi connectivity index (χ2v) is 11.2. The number of aliphatic carboxylic acids is 1. The molecule has 0 fully saturated rings. The lowest BCUT2D eigenvalue weighted by Gasteiger charge is -2.18. The molecule has 2 atom stereocenters. The summed E-state index contributed by atoms with van der Waals surface area (Å²) in [6.07, 6.45) is 34.5. The van der Waals surface area contributed by atoms with Crippen LogP contribution in [-0.2, 0) is 19.1 Å². The van der Waals surface area contributed by atoms with E-state index in [-0.39, 0.29) is 18.0 Å². The van der Waals surface area contributed by atoms with Crippen LogP contribution in [0.3, 0.4) is 0 Å². The van der Waals surface area contributed by atoms with Crippen molar-refractivity contribution < 1.29 is 24.2 Å². The Hall–Kier alpha value is -2.67. The molecular formula is C36H62N2O5. The van der Waals surface area contributed by atoms with Crippen LogP contribution in [0.15, 0.2) is 48.6 Å². The number of rotatable bonds is 29. The molecule has 0 aliphatic heterocycles. The summed E-state index contributed by atoms with van der Waals surface area (Å²) in [6, 6.07) is -0.878. The summed E-state index contributed by atoms with van der Waals surface area (Å²) in [6.45, 7) is 4.73. The molecule has 0 aliphatic rings. The molecule has 4 N–H and O–H groups in total. The highest BCUT2D eigenvalue weighted by atomic mass is 16.5. The number of ether oxygens (including phenoxy) is 1. The molecule has 0 saturated heterocycles. The molecule has 7 heteroatoms. The minimum Gasteiger partial charge on any atom is -0.480 e. The zero-order valence-electron chi connectivity index (χ0n) is 27.3. The zero-order valence-corrected chi connectivity index (χ0v) is 27.3. The molecule has 0 aliphatic carbocycles. The van der Waals surface area contributed by atoms with Gasteiger partial charge in [0, 0.05) is 12.8 Å². The molecule has 43 heavy (non-hydrogen) atoms. The van der Waals surface area contributed by atoms with Gasteiger partial charge < -0.3 is 20.9 Å². The second-order valence-electron chi connectivity index (χ2n) is 11.2. The molecule has 0 aromatic rings. The smallest absolute Gasteiger partial charge is 0.326 e. The van der Waals surface area contributed by atoms with E-state index in [2.05, 4.69) is 67.8 Å². The summed E-state index contributed by atoms with van der Waals surface area (Å²) >= 11 is 0. The highest BCUT2D eigenvalue weighted by Crippen LogP contribution is 2.17. The number of carboxylic acid groups (broad SMARTS) is 1. The van der Waals surface area contributed by atoms with Gasteiger partial charge in [-0.25, -0.2) is 4.79 Å². The van der Waals surface area contributed by atoms with E-state index < -0.39 is 12.0 Å². The van der Waals surface area contributed by atoms with E-state index >= 15 is 0 Å². The molecule has 0 radical (unpaired) electrons. The number of nitrogens with two attached hydrogens (primary N) is 1. The van der Waals surface area contributed by atoms with Crippen LogP contribution in [0, 0.1) is 0 Å². The Balaban J connectivity index is 4.22. The highest BCUT2D eigenvalue weighted by molar-refractivity contribution is 5.83. The van der Waals surface area contributed by atoms with Crippen molar-refractivity contribution in [2.75, 3.05) is 6.54 Å². The lowest BCUT2D eigenvalue weighted by molar-refractivity contribution is -0.150. The standard InChI is InChI=1S/C36H62N2O5/c1-3-5-7-9-10-11-12-13-14-15-16-17-18-19-24-30-35(40)43-32(26-21-8-6-4-2)27-22-20-23-29-34(39)38-33(36(41)42)28-25-31-37/h5,7,10-11,13-14,16-17,32-33H,3-4,6,8-9,12,15,18-31,37H2,1-2H3,(H,38,39)(H,41,42)/b7-5-,11-10-,14-13-,17-16-. The van der Waals surface area contributed by atoms with Gasteiger partial charge in [-0.1, -0.05) is 88.1 Å². The normalized spacial score (nSPS) is 13.4. The fraction of sp³-hybridized carbons (Fsp3) is 0.694. The summed E-state index contributed by atoms with van der Waals surface area (Å²) in [7, 11) is 0. The Morgan fingerprint density at radius 3 is 1.86 bits per heavy atom. The van der Waals surface area contributed by atoms with Crippen molar-refractivity contribution in [2.45, 2.75) is 154 Å². The van der Waals surface area contributed by atoms with Gasteiger partial charge in [-0.15, -0.1) is 0 Å².